The van der Waals surface area contributed by atoms with Crippen molar-refractivity contribution in [3.63, 3.8) is 0 Å². The van der Waals surface area contributed by atoms with Crippen molar-refractivity contribution in [3.8, 4) is 0 Å². The summed E-state index contributed by atoms with van der Waals surface area (Å²) in [7, 11) is 0. The molecule has 18 heavy (non-hydrogen) atoms. The van der Waals surface area contributed by atoms with Crippen molar-refractivity contribution in [1.82, 2.24) is 10.6 Å². The van der Waals surface area contributed by atoms with Crippen LogP contribution >= 0.6 is 0 Å². The quantitative estimate of drug-likeness (QED) is 0.697. The Bertz CT molecular complexity index is 272. The standard InChI is InChI=1S/C15H28N2O/c1-4-5-10(2)16-15(18)11(3)17-14(12-6-7-12)13-8-9-13/h10-14,17H,4-9H2,1-3H3,(H,16,18). The smallest absolute Gasteiger partial charge is 0.237 e. The van der Waals surface area contributed by atoms with E-state index in [2.05, 4.69) is 24.5 Å². The number of carbonyl (C=O) groups is 1. The maximum atomic E-state index is 12.1. The molecule has 2 saturated carbocycles. The summed E-state index contributed by atoms with van der Waals surface area (Å²) in [5, 5.41) is 6.68. The van der Waals surface area contributed by atoms with Crippen molar-refractivity contribution in [1.29, 1.82) is 0 Å². The monoisotopic (exact) mass is 252 g/mol. The lowest BCUT2D eigenvalue weighted by Crippen LogP contribution is -2.50. The lowest BCUT2D eigenvalue weighted by molar-refractivity contribution is -0.123. The molecular formula is C15H28N2O. The highest BCUT2D eigenvalue weighted by molar-refractivity contribution is 5.81. The van der Waals surface area contributed by atoms with Gasteiger partial charge in [0.25, 0.3) is 0 Å². The first-order chi connectivity index (χ1) is 8.61. The van der Waals surface area contributed by atoms with Gasteiger partial charge in [0, 0.05) is 12.1 Å². The van der Waals surface area contributed by atoms with E-state index in [0.29, 0.717) is 12.1 Å². The minimum absolute atomic E-state index is 0.0458. The Morgan fingerprint density at radius 3 is 2.17 bits per heavy atom. The van der Waals surface area contributed by atoms with Crippen LogP contribution in [0.1, 0.15) is 59.3 Å². The highest BCUT2D eigenvalue weighted by Crippen LogP contribution is 2.44. The molecule has 2 atom stereocenters. The Kier molecular flexibility index (Phi) is 4.66. The molecule has 3 heteroatoms. The maximum Gasteiger partial charge on any atom is 0.237 e. The summed E-state index contributed by atoms with van der Waals surface area (Å²) in [5.41, 5.74) is 0. The molecule has 0 heterocycles. The molecule has 1 amide bonds. The van der Waals surface area contributed by atoms with Gasteiger partial charge in [-0.15, -0.1) is 0 Å². The van der Waals surface area contributed by atoms with E-state index in [0.717, 1.165) is 24.7 Å². The summed E-state index contributed by atoms with van der Waals surface area (Å²) in [6.07, 6.45) is 7.61. The number of nitrogens with one attached hydrogen (secondary N) is 2. The number of hydrogen-bond acceptors (Lipinski definition) is 2. The third kappa shape index (κ3) is 3.98. The molecule has 0 aromatic rings. The fourth-order valence-corrected chi connectivity index (χ4v) is 2.81. The molecule has 2 aliphatic rings. The molecule has 2 rings (SSSR count). The van der Waals surface area contributed by atoms with E-state index in [1.165, 1.54) is 25.7 Å². The number of carbonyl (C=O) groups excluding carboxylic acids is 1. The summed E-state index contributed by atoms with van der Waals surface area (Å²) in [5.74, 6) is 1.86. The molecule has 0 saturated heterocycles. The maximum absolute atomic E-state index is 12.1. The predicted molar refractivity (Wildman–Crippen MR) is 74.3 cm³/mol. The highest BCUT2D eigenvalue weighted by Gasteiger charge is 2.42. The van der Waals surface area contributed by atoms with Crippen LogP contribution in [0, 0.1) is 11.8 Å². The molecule has 104 valence electrons. The Hall–Kier alpha value is -0.570. The predicted octanol–water partition coefficient (Wildman–Crippen LogP) is 2.46. The van der Waals surface area contributed by atoms with Gasteiger partial charge < -0.3 is 10.6 Å². The number of rotatable bonds is 8. The minimum Gasteiger partial charge on any atom is -0.352 e. The summed E-state index contributed by atoms with van der Waals surface area (Å²) in [6.45, 7) is 6.25. The molecule has 0 bridgehead atoms. The second-order valence-electron chi connectivity index (χ2n) is 6.29. The van der Waals surface area contributed by atoms with Crippen LogP contribution in [0.5, 0.6) is 0 Å². The number of amides is 1. The molecule has 2 aliphatic carbocycles. The summed E-state index contributed by atoms with van der Waals surface area (Å²) in [6, 6.07) is 0.856. The van der Waals surface area contributed by atoms with E-state index < -0.39 is 0 Å². The van der Waals surface area contributed by atoms with Gasteiger partial charge in [-0.2, -0.15) is 0 Å². The fourth-order valence-electron chi connectivity index (χ4n) is 2.81. The van der Waals surface area contributed by atoms with Crippen molar-refractivity contribution in [2.24, 2.45) is 11.8 Å². The zero-order valence-electron chi connectivity index (χ0n) is 12.0. The molecule has 0 aromatic heterocycles. The van der Waals surface area contributed by atoms with Gasteiger partial charge in [0.05, 0.1) is 6.04 Å². The van der Waals surface area contributed by atoms with E-state index in [-0.39, 0.29) is 11.9 Å². The van der Waals surface area contributed by atoms with Crippen molar-refractivity contribution in [2.75, 3.05) is 0 Å². The van der Waals surface area contributed by atoms with Gasteiger partial charge in [-0.25, -0.2) is 0 Å². The van der Waals surface area contributed by atoms with Gasteiger partial charge in [0.2, 0.25) is 5.91 Å². The third-order valence-electron chi connectivity index (χ3n) is 4.21. The molecule has 2 unspecified atom stereocenters. The van der Waals surface area contributed by atoms with E-state index in [1.54, 1.807) is 0 Å². The molecule has 2 N–H and O–H groups in total. The topological polar surface area (TPSA) is 41.1 Å². The van der Waals surface area contributed by atoms with Crippen molar-refractivity contribution in [2.45, 2.75) is 77.4 Å². The number of hydrogen-bond donors (Lipinski definition) is 2. The van der Waals surface area contributed by atoms with Gasteiger partial charge in [-0.3, -0.25) is 4.79 Å². The fraction of sp³-hybridized carbons (Fsp3) is 0.933. The van der Waals surface area contributed by atoms with Gasteiger partial charge in [-0.1, -0.05) is 13.3 Å². The highest BCUT2D eigenvalue weighted by atomic mass is 16.2. The Morgan fingerprint density at radius 2 is 1.72 bits per heavy atom. The van der Waals surface area contributed by atoms with Gasteiger partial charge in [-0.05, 0) is 57.8 Å². The van der Waals surface area contributed by atoms with Crippen LogP contribution in [-0.4, -0.2) is 24.0 Å². The average Bonchev–Trinajstić information content (AvgIpc) is 3.16. The van der Waals surface area contributed by atoms with Crippen LogP contribution in [0.15, 0.2) is 0 Å². The van der Waals surface area contributed by atoms with Gasteiger partial charge in [0.15, 0.2) is 0 Å². The Balaban J connectivity index is 1.75. The second-order valence-corrected chi connectivity index (χ2v) is 6.29. The van der Waals surface area contributed by atoms with Crippen molar-refractivity contribution in [3.05, 3.63) is 0 Å². The lowest BCUT2D eigenvalue weighted by Gasteiger charge is -2.24. The first kappa shape index (κ1) is 13.9. The van der Waals surface area contributed by atoms with Crippen molar-refractivity contribution >= 4 is 5.91 Å². The summed E-state index contributed by atoms with van der Waals surface area (Å²) >= 11 is 0. The summed E-state index contributed by atoms with van der Waals surface area (Å²) < 4.78 is 0. The zero-order valence-corrected chi connectivity index (χ0v) is 12.0. The molecule has 0 radical (unpaired) electrons. The molecular weight excluding hydrogens is 224 g/mol. The molecule has 2 fully saturated rings. The van der Waals surface area contributed by atoms with Gasteiger partial charge >= 0.3 is 0 Å². The first-order valence-electron chi connectivity index (χ1n) is 7.68. The second kappa shape index (κ2) is 6.05. The minimum atomic E-state index is -0.0458. The Morgan fingerprint density at radius 1 is 1.17 bits per heavy atom. The van der Waals surface area contributed by atoms with E-state index >= 15 is 0 Å². The van der Waals surface area contributed by atoms with Crippen LogP contribution < -0.4 is 10.6 Å². The molecule has 3 nitrogen and oxygen atoms in total. The van der Waals surface area contributed by atoms with Crippen LogP contribution in [0.4, 0.5) is 0 Å². The van der Waals surface area contributed by atoms with Crippen LogP contribution in [-0.2, 0) is 4.79 Å². The zero-order chi connectivity index (χ0) is 13.1. The molecule has 0 aromatic carbocycles. The van der Waals surface area contributed by atoms with Crippen molar-refractivity contribution < 1.29 is 4.79 Å². The van der Waals surface area contributed by atoms with Crippen LogP contribution in [0.3, 0.4) is 0 Å². The van der Waals surface area contributed by atoms with E-state index in [1.807, 2.05) is 6.92 Å². The SMILES string of the molecule is CCCC(C)NC(=O)C(C)NC(C1CC1)C1CC1. The van der Waals surface area contributed by atoms with Gasteiger partial charge in [0.1, 0.15) is 0 Å². The third-order valence-corrected chi connectivity index (χ3v) is 4.21. The van der Waals surface area contributed by atoms with E-state index in [9.17, 15) is 4.79 Å². The first-order valence-corrected chi connectivity index (χ1v) is 7.68. The van der Waals surface area contributed by atoms with E-state index in [4.69, 9.17) is 0 Å². The average molecular weight is 252 g/mol. The van der Waals surface area contributed by atoms with Crippen LogP contribution in [0.25, 0.3) is 0 Å². The largest absolute Gasteiger partial charge is 0.352 e. The molecule has 0 aliphatic heterocycles. The lowest BCUT2D eigenvalue weighted by atomic mass is 10.1. The van der Waals surface area contributed by atoms with Crippen LogP contribution in [0.2, 0.25) is 0 Å². The Labute approximate surface area is 111 Å². The normalized spacial score (nSPS) is 22.9. The summed E-state index contributed by atoms with van der Waals surface area (Å²) in [4.78, 5) is 12.1. The molecule has 0 spiro atoms.